The molecule has 3 fully saturated rings. The van der Waals surface area contributed by atoms with Crippen LogP contribution in [0.3, 0.4) is 0 Å². The Bertz CT molecular complexity index is 691. The number of anilines is 1. The third-order valence-corrected chi connectivity index (χ3v) is 6.65. The molecule has 0 spiro atoms. The first kappa shape index (κ1) is 18.8. The van der Waals surface area contributed by atoms with E-state index < -0.39 is 0 Å². The maximum Gasteiger partial charge on any atom is 0.227 e. The van der Waals surface area contributed by atoms with E-state index in [1.54, 1.807) is 17.0 Å². The van der Waals surface area contributed by atoms with Gasteiger partial charge in [0.05, 0.1) is 5.92 Å². The van der Waals surface area contributed by atoms with Crippen LogP contribution in [-0.4, -0.2) is 48.9 Å². The van der Waals surface area contributed by atoms with Crippen molar-refractivity contribution in [2.45, 2.75) is 44.6 Å². The first-order valence-electron chi connectivity index (χ1n) is 10.2. The summed E-state index contributed by atoms with van der Waals surface area (Å²) in [5.74, 6) is 0.313. The zero-order chi connectivity index (χ0) is 18.8. The Morgan fingerprint density at radius 3 is 2.70 bits per heavy atom. The normalized spacial score (nSPS) is 28.9. The molecule has 3 heterocycles. The lowest BCUT2D eigenvalue weighted by Gasteiger charge is -2.44. The lowest BCUT2D eigenvalue weighted by atomic mass is 9.83. The van der Waals surface area contributed by atoms with E-state index in [0.29, 0.717) is 23.5 Å². The average molecular weight is 390 g/mol. The molecule has 1 aromatic carbocycles. The summed E-state index contributed by atoms with van der Waals surface area (Å²) in [6.45, 7) is 3.61. The summed E-state index contributed by atoms with van der Waals surface area (Å²) < 4.78 is 0. The Kier molecular flexibility index (Phi) is 5.69. The highest BCUT2D eigenvalue weighted by atomic mass is 35.5. The van der Waals surface area contributed by atoms with Gasteiger partial charge in [0, 0.05) is 36.3 Å². The number of amides is 2. The predicted molar refractivity (Wildman–Crippen MR) is 107 cm³/mol. The van der Waals surface area contributed by atoms with Crippen molar-refractivity contribution in [2.75, 3.05) is 31.1 Å². The smallest absolute Gasteiger partial charge is 0.227 e. The van der Waals surface area contributed by atoms with E-state index in [1.165, 1.54) is 45.2 Å². The molecule has 4 rings (SSSR count). The number of piperidine rings is 2. The summed E-state index contributed by atoms with van der Waals surface area (Å²) in [5, 5.41) is 3.81. The van der Waals surface area contributed by atoms with Gasteiger partial charge in [-0.25, -0.2) is 0 Å². The second-order valence-electron chi connectivity index (χ2n) is 8.13. The fourth-order valence-corrected chi connectivity index (χ4v) is 5.07. The molecule has 3 saturated heterocycles. The van der Waals surface area contributed by atoms with E-state index in [4.69, 9.17) is 11.6 Å². The van der Waals surface area contributed by atoms with E-state index in [-0.39, 0.29) is 24.2 Å². The number of hydrogen-bond acceptors (Lipinski definition) is 3. The standard InChI is InChI=1S/C21H28ClN3O2/c22-17-6-8-18(9-7-17)25-14-16(12-20(25)26)21(27)23-13-15-4-3-11-24-10-2-1-5-19(15)24/h6-9,15-16,19H,1-5,10-14H2,(H,23,27). The first-order valence-corrected chi connectivity index (χ1v) is 10.6. The highest BCUT2D eigenvalue weighted by Gasteiger charge is 2.37. The fourth-order valence-electron chi connectivity index (χ4n) is 4.95. The molecule has 1 N–H and O–H groups in total. The molecule has 3 unspecified atom stereocenters. The molecular weight excluding hydrogens is 362 g/mol. The van der Waals surface area contributed by atoms with Crippen molar-refractivity contribution in [3.8, 4) is 0 Å². The average Bonchev–Trinajstić information content (AvgIpc) is 3.08. The molecule has 0 aromatic heterocycles. The van der Waals surface area contributed by atoms with Crippen LogP contribution in [0.4, 0.5) is 5.69 Å². The van der Waals surface area contributed by atoms with Crippen LogP contribution in [-0.2, 0) is 9.59 Å². The molecule has 3 atom stereocenters. The number of benzene rings is 1. The van der Waals surface area contributed by atoms with Gasteiger partial charge >= 0.3 is 0 Å². The number of halogens is 1. The lowest BCUT2D eigenvalue weighted by Crippen LogP contribution is -2.51. The minimum Gasteiger partial charge on any atom is -0.355 e. The largest absolute Gasteiger partial charge is 0.355 e. The van der Waals surface area contributed by atoms with Crippen LogP contribution >= 0.6 is 11.6 Å². The summed E-state index contributed by atoms with van der Waals surface area (Å²) in [7, 11) is 0. The number of carbonyl (C=O) groups is 2. The molecule has 3 aliphatic rings. The SMILES string of the molecule is O=C(NCC1CCCN2CCCCC12)C1CC(=O)N(c2ccc(Cl)cc2)C1. The Balaban J connectivity index is 1.32. The highest BCUT2D eigenvalue weighted by Crippen LogP contribution is 2.31. The number of nitrogens with zero attached hydrogens (tertiary/aromatic N) is 2. The number of hydrogen-bond donors (Lipinski definition) is 1. The van der Waals surface area contributed by atoms with Crippen LogP contribution in [0.15, 0.2) is 24.3 Å². The van der Waals surface area contributed by atoms with Gasteiger partial charge in [-0.1, -0.05) is 18.0 Å². The van der Waals surface area contributed by atoms with Crippen molar-refractivity contribution in [1.29, 1.82) is 0 Å². The third-order valence-electron chi connectivity index (χ3n) is 6.40. The van der Waals surface area contributed by atoms with Crippen LogP contribution in [0.2, 0.25) is 5.02 Å². The maximum atomic E-state index is 12.7. The third kappa shape index (κ3) is 4.14. The summed E-state index contributed by atoms with van der Waals surface area (Å²) in [5.41, 5.74) is 0.810. The molecule has 3 aliphatic heterocycles. The Morgan fingerprint density at radius 2 is 1.89 bits per heavy atom. The van der Waals surface area contributed by atoms with Crippen LogP contribution in [0.5, 0.6) is 0 Å². The number of fused-ring (bicyclic) bond motifs is 1. The minimum atomic E-state index is -0.265. The molecule has 0 bridgehead atoms. The van der Waals surface area contributed by atoms with E-state index in [2.05, 4.69) is 10.2 Å². The molecule has 27 heavy (non-hydrogen) atoms. The number of rotatable bonds is 4. The van der Waals surface area contributed by atoms with E-state index >= 15 is 0 Å². The minimum absolute atomic E-state index is 0.00796. The van der Waals surface area contributed by atoms with Gasteiger partial charge in [-0.05, 0) is 69.0 Å². The summed E-state index contributed by atoms with van der Waals surface area (Å²) in [6, 6.07) is 7.84. The highest BCUT2D eigenvalue weighted by molar-refractivity contribution is 6.30. The monoisotopic (exact) mass is 389 g/mol. The molecule has 0 aliphatic carbocycles. The van der Waals surface area contributed by atoms with Crippen molar-refractivity contribution in [3.05, 3.63) is 29.3 Å². The first-order chi connectivity index (χ1) is 13.1. The van der Waals surface area contributed by atoms with E-state index in [9.17, 15) is 9.59 Å². The quantitative estimate of drug-likeness (QED) is 0.861. The second kappa shape index (κ2) is 8.19. The van der Waals surface area contributed by atoms with E-state index in [0.717, 1.165) is 12.2 Å². The zero-order valence-electron chi connectivity index (χ0n) is 15.7. The molecule has 6 heteroatoms. The van der Waals surface area contributed by atoms with Crippen molar-refractivity contribution in [2.24, 2.45) is 11.8 Å². The van der Waals surface area contributed by atoms with Crippen molar-refractivity contribution in [1.82, 2.24) is 10.2 Å². The molecular formula is C21H28ClN3O2. The van der Waals surface area contributed by atoms with Gasteiger partial charge in [0.25, 0.3) is 0 Å². The predicted octanol–water partition coefficient (Wildman–Crippen LogP) is 3.07. The van der Waals surface area contributed by atoms with Gasteiger partial charge in [0.2, 0.25) is 11.8 Å². The molecule has 2 amide bonds. The van der Waals surface area contributed by atoms with Gasteiger partial charge in [0.1, 0.15) is 0 Å². The molecule has 0 saturated carbocycles. The maximum absolute atomic E-state index is 12.7. The summed E-state index contributed by atoms with van der Waals surface area (Å²) >= 11 is 5.93. The Morgan fingerprint density at radius 1 is 1.11 bits per heavy atom. The van der Waals surface area contributed by atoms with Crippen molar-refractivity contribution < 1.29 is 9.59 Å². The van der Waals surface area contributed by atoms with Crippen LogP contribution in [0, 0.1) is 11.8 Å². The fraction of sp³-hybridized carbons (Fsp3) is 0.619. The molecule has 5 nitrogen and oxygen atoms in total. The zero-order valence-corrected chi connectivity index (χ0v) is 16.5. The van der Waals surface area contributed by atoms with Gasteiger partial charge in [0.15, 0.2) is 0 Å². The summed E-state index contributed by atoms with van der Waals surface area (Å²) in [4.78, 5) is 29.4. The molecule has 0 radical (unpaired) electrons. The molecule has 146 valence electrons. The molecule has 1 aromatic rings. The lowest BCUT2D eigenvalue weighted by molar-refractivity contribution is -0.126. The van der Waals surface area contributed by atoms with Crippen LogP contribution in [0.25, 0.3) is 0 Å². The van der Waals surface area contributed by atoms with Crippen molar-refractivity contribution in [3.63, 3.8) is 0 Å². The van der Waals surface area contributed by atoms with Gasteiger partial charge in [-0.3, -0.25) is 9.59 Å². The second-order valence-corrected chi connectivity index (χ2v) is 8.56. The van der Waals surface area contributed by atoms with Crippen molar-refractivity contribution >= 4 is 29.1 Å². The summed E-state index contributed by atoms with van der Waals surface area (Å²) in [6.07, 6.45) is 6.58. The topological polar surface area (TPSA) is 52.7 Å². The van der Waals surface area contributed by atoms with Gasteiger partial charge < -0.3 is 15.1 Å². The van der Waals surface area contributed by atoms with Gasteiger partial charge in [-0.15, -0.1) is 0 Å². The van der Waals surface area contributed by atoms with Crippen LogP contribution < -0.4 is 10.2 Å². The Hall–Kier alpha value is -1.59. The Labute approximate surface area is 166 Å². The van der Waals surface area contributed by atoms with Gasteiger partial charge in [-0.2, -0.15) is 0 Å². The number of nitrogens with one attached hydrogen (secondary N) is 1. The van der Waals surface area contributed by atoms with E-state index in [1.807, 2.05) is 12.1 Å². The number of carbonyl (C=O) groups excluding carboxylic acids is 2. The van der Waals surface area contributed by atoms with Crippen LogP contribution in [0.1, 0.15) is 38.5 Å².